The van der Waals surface area contributed by atoms with Crippen LogP contribution in [0.1, 0.15) is 32.3 Å². The number of nitrogens with zero attached hydrogens (tertiary/aromatic N) is 3. The molecule has 1 fully saturated rings. The zero-order chi connectivity index (χ0) is 24.4. The van der Waals surface area contributed by atoms with Crippen LogP contribution in [0, 0.1) is 0 Å². The summed E-state index contributed by atoms with van der Waals surface area (Å²) in [7, 11) is 3.20. The first-order valence-electron chi connectivity index (χ1n) is 11.0. The zero-order valence-corrected chi connectivity index (χ0v) is 20.6. The third-order valence-electron chi connectivity index (χ3n) is 5.76. The Kier molecular flexibility index (Phi) is 7.04. The molecule has 2 aromatic heterocycles. The molecule has 0 radical (unpaired) electrons. The van der Waals surface area contributed by atoms with Crippen LogP contribution in [-0.2, 0) is 9.53 Å². The molecule has 1 aliphatic heterocycles. The predicted octanol–water partition coefficient (Wildman–Crippen LogP) is 3.80. The molecule has 1 aromatic carbocycles. The number of carbonyl (C=O) groups excluding carboxylic acids is 1. The topological polar surface area (TPSA) is 107 Å². The molecule has 0 spiro atoms. The van der Waals surface area contributed by atoms with Crippen LogP contribution in [0.5, 0.6) is 11.5 Å². The van der Waals surface area contributed by atoms with Crippen molar-refractivity contribution in [3.8, 4) is 22.8 Å². The number of hydrogen-bond acceptors (Lipinski definition) is 8. The van der Waals surface area contributed by atoms with Gasteiger partial charge in [0.1, 0.15) is 11.5 Å². The molecule has 4 rings (SSSR count). The Bertz CT molecular complexity index is 1220. The highest BCUT2D eigenvalue weighted by Gasteiger charge is 2.29. The third kappa shape index (κ3) is 4.71. The average molecular weight is 486 g/mol. The number of amides is 1. The number of rotatable bonds is 7. The lowest BCUT2D eigenvalue weighted by Gasteiger charge is -2.21. The van der Waals surface area contributed by atoms with Gasteiger partial charge in [-0.25, -0.2) is 9.97 Å². The van der Waals surface area contributed by atoms with Gasteiger partial charge in [-0.1, -0.05) is 25.4 Å². The minimum atomic E-state index is -0.142. The second-order valence-corrected chi connectivity index (χ2v) is 8.83. The van der Waals surface area contributed by atoms with Gasteiger partial charge in [0.2, 0.25) is 11.9 Å². The van der Waals surface area contributed by atoms with E-state index in [1.807, 2.05) is 6.07 Å². The van der Waals surface area contributed by atoms with Gasteiger partial charge in [0.25, 0.3) is 0 Å². The molecule has 3 heterocycles. The van der Waals surface area contributed by atoms with Gasteiger partial charge in [0.15, 0.2) is 0 Å². The number of anilines is 1. The van der Waals surface area contributed by atoms with Gasteiger partial charge >= 0.3 is 0 Å². The summed E-state index contributed by atoms with van der Waals surface area (Å²) in [6, 6.07) is 3.44. The van der Waals surface area contributed by atoms with Crippen molar-refractivity contribution in [1.29, 1.82) is 0 Å². The Labute approximate surface area is 203 Å². The van der Waals surface area contributed by atoms with Crippen molar-refractivity contribution in [1.82, 2.24) is 20.3 Å². The molecule has 10 heteroatoms. The number of pyridine rings is 1. The van der Waals surface area contributed by atoms with E-state index in [9.17, 15) is 4.79 Å². The van der Waals surface area contributed by atoms with Crippen LogP contribution in [0.3, 0.4) is 0 Å². The molecular formula is C24H28ClN5O4. The fourth-order valence-corrected chi connectivity index (χ4v) is 4.50. The van der Waals surface area contributed by atoms with Crippen molar-refractivity contribution < 1.29 is 19.0 Å². The number of nitrogens with one attached hydrogen (secondary N) is 2. The Morgan fingerprint density at radius 3 is 2.53 bits per heavy atom. The first kappa shape index (κ1) is 24.0. The van der Waals surface area contributed by atoms with Gasteiger partial charge in [-0.05, 0) is 12.0 Å². The minimum absolute atomic E-state index is 0.105. The number of methoxy groups -OCH3 is 2. The van der Waals surface area contributed by atoms with Gasteiger partial charge in [-0.3, -0.25) is 9.78 Å². The number of aromatic nitrogens is 3. The van der Waals surface area contributed by atoms with Crippen LogP contribution in [0.25, 0.3) is 22.2 Å². The molecule has 9 nitrogen and oxygen atoms in total. The quantitative estimate of drug-likeness (QED) is 0.520. The average Bonchev–Trinajstić information content (AvgIpc) is 3.23. The smallest absolute Gasteiger partial charge is 0.223 e. The van der Waals surface area contributed by atoms with Crippen LogP contribution >= 0.6 is 11.6 Å². The van der Waals surface area contributed by atoms with Crippen molar-refractivity contribution in [3.63, 3.8) is 0 Å². The standard InChI is InChI=1S/C24H28ClN5O4/c1-12(2)21-19(32-4)7-20(33-5)23(25)22(21)15-6-14-8-27-24(29-16(14)9-26-15)30-18-11-34-10-17(18)28-13(3)31/h6-9,12,17-18H,10-11H2,1-5H3,(H,28,31)(H,27,29,30)/t17-,18+/m0/s1. The van der Waals surface area contributed by atoms with E-state index in [1.54, 1.807) is 32.7 Å². The van der Waals surface area contributed by atoms with E-state index in [4.69, 9.17) is 25.8 Å². The first-order chi connectivity index (χ1) is 16.3. The van der Waals surface area contributed by atoms with Crippen LogP contribution in [0.2, 0.25) is 5.02 Å². The lowest BCUT2D eigenvalue weighted by molar-refractivity contribution is -0.119. The van der Waals surface area contributed by atoms with Gasteiger partial charge in [-0.2, -0.15) is 0 Å². The van der Waals surface area contributed by atoms with E-state index in [-0.39, 0.29) is 23.9 Å². The van der Waals surface area contributed by atoms with Crippen LogP contribution in [0.4, 0.5) is 5.95 Å². The third-order valence-corrected chi connectivity index (χ3v) is 6.13. The highest BCUT2D eigenvalue weighted by Crippen LogP contribution is 2.45. The lowest BCUT2D eigenvalue weighted by Crippen LogP contribution is -2.45. The molecule has 2 N–H and O–H groups in total. The molecule has 0 aliphatic carbocycles. The zero-order valence-electron chi connectivity index (χ0n) is 19.8. The number of fused-ring (bicyclic) bond motifs is 1. The fraction of sp³-hybridized carbons (Fsp3) is 0.417. The summed E-state index contributed by atoms with van der Waals surface area (Å²) in [6.07, 6.45) is 3.43. The first-order valence-corrected chi connectivity index (χ1v) is 11.4. The summed E-state index contributed by atoms with van der Waals surface area (Å²) in [5, 5.41) is 7.42. The van der Waals surface area contributed by atoms with E-state index >= 15 is 0 Å². The molecule has 1 amide bonds. The second-order valence-electron chi connectivity index (χ2n) is 8.46. The molecule has 0 bridgehead atoms. The van der Waals surface area contributed by atoms with E-state index in [2.05, 4.69) is 39.4 Å². The molecule has 1 aliphatic rings. The molecule has 3 aromatic rings. The highest BCUT2D eigenvalue weighted by atomic mass is 35.5. The van der Waals surface area contributed by atoms with Crippen molar-refractivity contribution in [2.45, 2.75) is 38.8 Å². The number of benzene rings is 1. The Morgan fingerprint density at radius 2 is 1.85 bits per heavy atom. The summed E-state index contributed by atoms with van der Waals surface area (Å²) >= 11 is 6.74. The monoisotopic (exact) mass is 485 g/mol. The molecule has 1 saturated heterocycles. The second kappa shape index (κ2) is 9.99. The number of ether oxygens (including phenoxy) is 3. The summed E-state index contributed by atoms with van der Waals surface area (Å²) in [5.41, 5.74) is 3.06. The van der Waals surface area contributed by atoms with E-state index in [1.165, 1.54) is 6.92 Å². The Hall–Kier alpha value is -3.17. The number of halogens is 1. The van der Waals surface area contributed by atoms with Crippen LogP contribution in [0.15, 0.2) is 24.5 Å². The fourth-order valence-electron chi connectivity index (χ4n) is 4.17. The van der Waals surface area contributed by atoms with E-state index < -0.39 is 0 Å². The SMILES string of the molecule is COc1cc(OC)c(C(C)C)c(-c2cc3cnc(N[C@@H]4COC[C@@H]4NC(C)=O)nc3cn2)c1Cl. The maximum atomic E-state index is 11.4. The normalized spacial score (nSPS) is 17.7. The van der Waals surface area contributed by atoms with E-state index in [0.29, 0.717) is 46.9 Å². The van der Waals surface area contributed by atoms with Gasteiger partial charge in [-0.15, -0.1) is 0 Å². The molecular weight excluding hydrogens is 458 g/mol. The molecule has 0 saturated carbocycles. The molecule has 34 heavy (non-hydrogen) atoms. The van der Waals surface area contributed by atoms with Gasteiger partial charge in [0, 0.05) is 35.7 Å². The van der Waals surface area contributed by atoms with Crippen molar-refractivity contribution in [2.24, 2.45) is 0 Å². The summed E-state index contributed by atoms with van der Waals surface area (Å²) in [6.45, 7) is 6.54. The van der Waals surface area contributed by atoms with Gasteiger partial charge < -0.3 is 24.8 Å². The molecule has 2 atom stereocenters. The largest absolute Gasteiger partial charge is 0.496 e. The summed E-state index contributed by atoms with van der Waals surface area (Å²) < 4.78 is 16.6. The maximum Gasteiger partial charge on any atom is 0.223 e. The van der Waals surface area contributed by atoms with E-state index in [0.717, 1.165) is 16.5 Å². The maximum absolute atomic E-state index is 11.4. The highest BCUT2D eigenvalue weighted by molar-refractivity contribution is 6.35. The summed E-state index contributed by atoms with van der Waals surface area (Å²) in [4.78, 5) is 25.2. The number of hydrogen-bond donors (Lipinski definition) is 2. The minimum Gasteiger partial charge on any atom is -0.496 e. The van der Waals surface area contributed by atoms with Crippen molar-refractivity contribution in [3.05, 3.63) is 35.1 Å². The number of carbonyl (C=O) groups is 1. The van der Waals surface area contributed by atoms with Crippen LogP contribution in [-0.4, -0.2) is 60.4 Å². The lowest BCUT2D eigenvalue weighted by atomic mass is 9.93. The van der Waals surface area contributed by atoms with Crippen LogP contribution < -0.4 is 20.1 Å². The Balaban J connectivity index is 1.70. The molecule has 180 valence electrons. The predicted molar refractivity (Wildman–Crippen MR) is 131 cm³/mol. The van der Waals surface area contributed by atoms with Crippen molar-refractivity contribution in [2.75, 3.05) is 32.8 Å². The Morgan fingerprint density at radius 1 is 1.12 bits per heavy atom. The van der Waals surface area contributed by atoms with Gasteiger partial charge in [0.05, 0.1) is 61.9 Å². The summed E-state index contributed by atoms with van der Waals surface area (Å²) in [5.74, 6) is 1.68. The van der Waals surface area contributed by atoms with Crippen molar-refractivity contribution >= 4 is 34.4 Å². The molecule has 0 unspecified atom stereocenters.